The summed E-state index contributed by atoms with van der Waals surface area (Å²) in [7, 11) is 0. The summed E-state index contributed by atoms with van der Waals surface area (Å²) >= 11 is 1.42. The zero-order chi connectivity index (χ0) is 9.97. The van der Waals surface area contributed by atoms with Crippen LogP contribution in [0, 0.1) is 0 Å². The second kappa shape index (κ2) is 6.48. The Labute approximate surface area is 110 Å². The third-order valence-corrected chi connectivity index (χ3v) is 2.71. The summed E-state index contributed by atoms with van der Waals surface area (Å²) in [6.07, 6.45) is 0. The van der Waals surface area contributed by atoms with E-state index in [1.165, 1.54) is 11.3 Å². The minimum atomic E-state index is -0.481. The zero-order valence-corrected chi connectivity index (χ0v) is 10.6. The van der Waals surface area contributed by atoms with Gasteiger partial charge in [-0.3, -0.25) is 4.79 Å². The number of nitrogens with two attached hydrogens (primary N) is 1. The zero-order valence-electron chi connectivity index (χ0n) is 8.12. The maximum absolute atomic E-state index is 11.0. The van der Waals surface area contributed by atoms with Gasteiger partial charge in [0.15, 0.2) is 0 Å². The molecular formula is C10H10Cl2N2OS. The number of aromatic nitrogens is 1. The number of halogens is 2. The highest BCUT2D eigenvalue weighted by molar-refractivity contribution is 7.13. The van der Waals surface area contributed by atoms with Gasteiger partial charge in [-0.1, -0.05) is 30.3 Å². The third-order valence-electron chi connectivity index (χ3n) is 1.84. The van der Waals surface area contributed by atoms with Crippen LogP contribution in [0.4, 0.5) is 0 Å². The Kier molecular flexibility index (Phi) is 6.03. The van der Waals surface area contributed by atoms with Crippen LogP contribution in [0.1, 0.15) is 10.5 Å². The first kappa shape index (κ1) is 14.9. The van der Waals surface area contributed by atoms with E-state index in [2.05, 4.69) is 4.98 Å². The van der Waals surface area contributed by atoms with Crippen LogP contribution in [-0.2, 0) is 0 Å². The molecule has 0 saturated heterocycles. The minimum Gasteiger partial charge on any atom is -0.364 e. The van der Waals surface area contributed by atoms with Gasteiger partial charge in [-0.2, -0.15) is 0 Å². The average Bonchev–Trinajstić information content (AvgIpc) is 2.67. The molecule has 0 aliphatic rings. The molecule has 1 aromatic heterocycles. The van der Waals surface area contributed by atoms with Gasteiger partial charge in [-0.15, -0.1) is 36.2 Å². The lowest BCUT2D eigenvalue weighted by Gasteiger charge is -1.97. The first-order valence-electron chi connectivity index (χ1n) is 4.08. The second-order valence-corrected chi connectivity index (χ2v) is 3.62. The van der Waals surface area contributed by atoms with Crippen LogP contribution in [0.25, 0.3) is 10.4 Å². The fourth-order valence-corrected chi connectivity index (χ4v) is 2.02. The van der Waals surface area contributed by atoms with Crippen LogP contribution >= 0.6 is 36.2 Å². The number of nitrogens with zero attached hydrogens (tertiary/aromatic N) is 1. The Morgan fingerprint density at radius 1 is 1.19 bits per heavy atom. The van der Waals surface area contributed by atoms with Gasteiger partial charge in [0.1, 0.15) is 5.69 Å². The van der Waals surface area contributed by atoms with Crippen LogP contribution in [-0.4, -0.2) is 10.9 Å². The van der Waals surface area contributed by atoms with E-state index < -0.39 is 5.91 Å². The van der Waals surface area contributed by atoms with Crippen LogP contribution < -0.4 is 5.73 Å². The molecule has 2 aromatic rings. The Hall–Kier alpha value is -1.10. The lowest BCUT2D eigenvalue weighted by molar-refractivity contribution is 0.0997. The number of carbonyl (C=O) groups excluding carboxylic acids is 1. The summed E-state index contributed by atoms with van der Waals surface area (Å²) in [5.74, 6) is -0.481. The fraction of sp³-hybridized carbons (Fsp3) is 0. The van der Waals surface area contributed by atoms with Gasteiger partial charge in [0.25, 0.3) is 5.91 Å². The Morgan fingerprint density at radius 3 is 2.38 bits per heavy atom. The van der Waals surface area contributed by atoms with Crippen molar-refractivity contribution in [3.8, 4) is 10.4 Å². The number of primary amides is 1. The number of thiazole rings is 1. The number of hydrogen-bond acceptors (Lipinski definition) is 3. The average molecular weight is 277 g/mol. The van der Waals surface area contributed by atoms with E-state index in [0.29, 0.717) is 5.69 Å². The summed E-state index contributed by atoms with van der Waals surface area (Å²) in [6.45, 7) is 0. The molecule has 6 heteroatoms. The molecule has 86 valence electrons. The number of benzene rings is 1. The molecule has 0 aliphatic heterocycles. The van der Waals surface area contributed by atoms with Gasteiger partial charge in [0.2, 0.25) is 0 Å². The monoisotopic (exact) mass is 276 g/mol. The molecule has 3 nitrogen and oxygen atoms in total. The molecule has 2 N–H and O–H groups in total. The van der Waals surface area contributed by atoms with Crippen molar-refractivity contribution < 1.29 is 4.79 Å². The van der Waals surface area contributed by atoms with Crippen LogP contribution in [0.3, 0.4) is 0 Å². The predicted octanol–water partition coefficient (Wildman–Crippen LogP) is 2.75. The summed E-state index contributed by atoms with van der Waals surface area (Å²) in [4.78, 5) is 15.8. The minimum absolute atomic E-state index is 0. The lowest BCUT2D eigenvalue weighted by atomic mass is 10.1. The fourth-order valence-electron chi connectivity index (χ4n) is 1.22. The summed E-state index contributed by atoms with van der Waals surface area (Å²) < 4.78 is 0. The highest BCUT2D eigenvalue weighted by Gasteiger charge is 2.12. The molecule has 0 spiro atoms. The summed E-state index contributed by atoms with van der Waals surface area (Å²) in [5, 5.41) is 0. The molecule has 0 fully saturated rings. The number of amides is 1. The summed E-state index contributed by atoms with van der Waals surface area (Å²) in [6, 6.07) is 9.62. The van der Waals surface area contributed by atoms with E-state index in [0.717, 1.165) is 10.4 Å². The van der Waals surface area contributed by atoms with Gasteiger partial charge in [-0.25, -0.2) is 4.98 Å². The normalized spacial score (nSPS) is 8.75. The van der Waals surface area contributed by atoms with Crippen molar-refractivity contribution in [2.75, 3.05) is 0 Å². The Bertz CT molecular complexity index is 459. The molecule has 0 bridgehead atoms. The van der Waals surface area contributed by atoms with Crippen molar-refractivity contribution in [1.82, 2.24) is 4.98 Å². The van der Waals surface area contributed by atoms with Crippen LogP contribution in [0.15, 0.2) is 35.8 Å². The maximum Gasteiger partial charge on any atom is 0.268 e. The van der Waals surface area contributed by atoms with Crippen molar-refractivity contribution in [3.05, 3.63) is 41.5 Å². The number of hydrogen-bond donors (Lipinski definition) is 1. The van der Waals surface area contributed by atoms with Crippen LogP contribution in [0.5, 0.6) is 0 Å². The van der Waals surface area contributed by atoms with Crippen molar-refractivity contribution >= 4 is 42.1 Å². The first-order valence-corrected chi connectivity index (χ1v) is 4.95. The van der Waals surface area contributed by atoms with Gasteiger partial charge in [0, 0.05) is 0 Å². The Morgan fingerprint density at radius 2 is 1.81 bits per heavy atom. The molecule has 0 saturated carbocycles. The predicted molar refractivity (Wildman–Crippen MR) is 70.6 cm³/mol. The molecule has 1 amide bonds. The van der Waals surface area contributed by atoms with Crippen molar-refractivity contribution in [3.63, 3.8) is 0 Å². The molecule has 0 radical (unpaired) electrons. The summed E-state index contributed by atoms with van der Waals surface area (Å²) in [5.41, 5.74) is 8.15. The molecule has 1 aromatic carbocycles. The smallest absolute Gasteiger partial charge is 0.268 e. The second-order valence-electron chi connectivity index (χ2n) is 2.76. The van der Waals surface area contributed by atoms with Crippen molar-refractivity contribution in [2.24, 2.45) is 5.73 Å². The van der Waals surface area contributed by atoms with Crippen LogP contribution in [0.2, 0.25) is 0 Å². The molecule has 0 unspecified atom stereocenters. The van der Waals surface area contributed by atoms with Gasteiger partial charge in [-0.05, 0) is 5.56 Å². The molecule has 16 heavy (non-hydrogen) atoms. The molecule has 2 rings (SSSR count). The number of rotatable bonds is 2. The van der Waals surface area contributed by atoms with Crippen molar-refractivity contribution in [1.29, 1.82) is 0 Å². The highest BCUT2D eigenvalue weighted by Crippen LogP contribution is 2.26. The topological polar surface area (TPSA) is 56.0 Å². The molecule has 0 aliphatic carbocycles. The van der Waals surface area contributed by atoms with E-state index in [9.17, 15) is 4.79 Å². The van der Waals surface area contributed by atoms with Crippen molar-refractivity contribution in [2.45, 2.75) is 0 Å². The van der Waals surface area contributed by atoms with E-state index in [1.807, 2.05) is 30.3 Å². The van der Waals surface area contributed by atoms with E-state index in [1.54, 1.807) is 5.51 Å². The quantitative estimate of drug-likeness (QED) is 0.917. The van der Waals surface area contributed by atoms with E-state index >= 15 is 0 Å². The van der Waals surface area contributed by atoms with Gasteiger partial charge >= 0.3 is 0 Å². The first-order chi connectivity index (χ1) is 6.79. The number of carbonyl (C=O) groups is 1. The third kappa shape index (κ3) is 2.95. The molecule has 0 atom stereocenters. The largest absolute Gasteiger partial charge is 0.364 e. The lowest BCUT2D eigenvalue weighted by Crippen LogP contribution is -2.12. The SMILES string of the molecule is Cl.Cl.NC(=O)c1ncsc1-c1ccccc1. The highest BCUT2D eigenvalue weighted by atomic mass is 35.5. The maximum atomic E-state index is 11.0. The van der Waals surface area contributed by atoms with Gasteiger partial charge < -0.3 is 5.73 Å². The van der Waals surface area contributed by atoms with E-state index in [-0.39, 0.29) is 24.8 Å². The standard InChI is InChI=1S/C10H8N2OS.2ClH/c11-10(13)8-9(14-6-12-8)7-4-2-1-3-5-7;;/h1-6H,(H2,11,13);2*1H. The molecule has 1 heterocycles. The Balaban J connectivity index is 0.00000112. The van der Waals surface area contributed by atoms with Gasteiger partial charge in [0.05, 0.1) is 10.4 Å². The molecular weight excluding hydrogens is 267 g/mol. The van der Waals surface area contributed by atoms with E-state index in [4.69, 9.17) is 5.73 Å².